The highest BCUT2D eigenvalue weighted by Gasteiger charge is 2.03. The minimum atomic E-state index is 0.597. The summed E-state index contributed by atoms with van der Waals surface area (Å²) in [5.74, 6) is 0.904. The average molecular weight is 289 g/mol. The maximum absolute atomic E-state index is 5.99. The molecule has 1 nitrogen and oxygen atoms in total. The first-order valence-electron chi connectivity index (χ1n) is 6.08. The standard InChI is InChI=1S/C16H13ClOS/c1-11-2-5-14(6-3-11)18-10-15-9-12-8-13(17)4-7-16(12)19-15/h2-9H,10H2,1H3. The van der Waals surface area contributed by atoms with E-state index in [0.29, 0.717) is 6.61 Å². The fourth-order valence-electron chi connectivity index (χ4n) is 1.93. The molecular formula is C16H13ClOS. The monoisotopic (exact) mass is 288 g/mol. The number of ether oxygens (including phenoxy) is 1. The van der Waals surface area contributed by atoms with E-state index in [9.17, 15) is 0 Å². The lowest BCUT2D eigenvalue weighted by molar-refractivity contribution is 0.310. The fourth-order valence-corrected chi connectivity index (χ4v) is 3.07. The molecule has 0 aliphatic carbocycles. The van der Waals surface area contributed by atoms with Gasteiger partial charge in [0.05, 0.1) is 0 Å². The topological polar surface area (TPSA) is 9.23 Å². The Morgan fingerprint density at radius 3 is 2.63 bits per heavy atom. The second-order valence-electron chi connectivity index (χ2n) is 4.50. The van der Waals surface area contributed by atoms with Gasteiger partial charge in [-0.2, -0.15) is 0 Å². The predicted octanol–water partition coefficient (Wildman–Crippen LogP) is 5.44. The number of halogens is 1. The van der Waals surface area contributed by atoms with Crippen LogP contribution in [0.4, 0.5) is 0 Å². The van der Waals surface area contributed by atoms with Crippen LogP contribution in [0.5, 0.6) is 5.75 Å². The van der Waals surface area contributed by atoms with Crippen LogP contribution in [0.25, 0.3) is 10.1 Å². The van der Waals surface area contributed by atoms with Crippen LogP contribution >= 0.6 is 22.9 Å². The van der Waals surface area contributed by atoms with Crippen molar-refractivity contribution in [2.45, 2.75) is 13.5 Å². The molecule has 0 radical (unpaired) electrons. The number of thiophene rings is 1. The SMILES string of the molecule is Cc1ccc(OCc2cc3cc(Cl)ccc3s2)cc1. The quantitative estimate of drug-likeness (QED) is 0.623. The van der Waals surface area contributed by atoms with Crippen molar-refractivity contribution in [2.75, 3.05) is 0 Å². The molecule has 0 spiro atoms. The third kappa shape index (κ3) is 2.91. The third-order valence-corrected chi connectivity index (χ3v) is 4.26. The maximum Gasteiger partial charge on any atom is 0.122 e. The van der Waals surface area contributed by atoms with E-state index >= 15 is 0 Å². The van der Waals surface area contributed by atoms with Gasteiger partial charge in [0.25, 0.3) is 0 Å². The van der Waals surface area contributed by atoms with E-state index in [1.54, 1.807) is 11.3 Å². The van der Waals surface area contributed by atoms with Gasteiger partial charge >= 0.3 is 0 Å². The molecule has 1 heterocycles. The molecule has 1 aromatic heterocycles. The average Bonchev–Trinajstić information content (AvgIpc) is 2.80. The Morgan fingerprint density at radius 1 is 1.05 bits per heavy atom. The zero-order valence-corrected chi connectivity index (χ0v) is 12.1. The van der Waals surface area contributed by atoms with Crippen LogP contribution in [0.1, 0.15) is 10.4 Å². The number of rotatable bonds is 3. The van der Waals surface area contributed by atoms with Gasteiger partial charge in [0.1, 0.15) is 12.4 Å². The largest absolute Gasteiger partial charge is 0.488 e. The minimum Gasteiger partial charge on any atom is -0.488 e. The summed E-state index contributed by atoms with van der Waals surface area (Å²) in [6.45, 7) is 2.67. The molecule has 96 valence electrons. The van der Waals surface area contributed by atoms with E-state index in [2.05, 4.69) is 31.2 Å². The van der Waals surface area contributed by atoms with E-state index in [1.807, 2.05) is 24.3 Å². The molecule has 0 amide bonds. The molecule has 0 N–H and O–H groups in total. The molecule has 0 saturated heterocycles. The van der Waals surface area contributed by atoms with Gasteiger partial charge in [-0.25, -0.2) is 0 Å². The zero-order chi connectivity index (χ0) is 13.2. The first-order valence-corrected chi connectivity index (χ1v) is 7.27. The molecule has 3 rings (SSSR count). The van der Waals surface area contributed by atoms with Crippen molar-refractivity contribution in [1.29, 1.82) is 0 Å². The summed E-state index contributed by atoms with van der Waals surface area (Å²) in [6.07, 6.45) is 0. The van der Waals surface area contributed by atoms with E-state index in [4.69, 9.17) is 16.3 Å². The molecular weight excluding hydrogens is 276 g/mol. The van der Waals surface area contributed by atoms with E-state index < -0.39 is 0 Å². The fraction of sp³-hybridized carbons (Fsp3) is 0.125. The van der Waals surface area contributed by atoms with Gasteiger partial charge in [-0.1, -0.05) is 29.3 Å². The number of fused-ring (bicyclic) bond motifs is 1. The van der Waals surface area contributed by atoms with Crippen LogP contribution in [-0.4, -0.2) is 0 Å². The summed E-state index contributed by atoms with van der Waals surface area (Å²) in [7, 11) is 0. The van der Waals surface area contributed by atoms with Gasteiger partial charge in [-0.15, -0.1) is 11.3 Å². The molecule has 0 fully saturated rings. The van der Waals surface area contributed by atoms with Crippen LogP contribution in [-0.2, 0) is 6.61 Å². The van der Waals surface area contributed by atoms with Crippen LogP contribution in [0.3, 0.4) is 0 Å². The highest BCUT2D eigenvalue weighted by molar-refractivity contribution is 7.19. The Morgan fingerprint density at radius 2 is 1.84 bits per heavy atom. The first-order chi connectivity index (χ1) is 9.20. The highest BCUT2D eigenvalue weighted by Crippen LogP contribution is 2.28. The summed E-state index contributed by atoms with van der Waals surface area (Å²) >= 11 is 7.73. The van der Waals surface area contributed by atoms with Crippen LogP contribution in [0, 0.1) is 6.92 Å². The van der Waals surface area contributed by atoms with E-state index in [1.165, 1.54) is 20.5 Å². The van der Waals surface area contributed by atoms with Crippen LogP contribution in [0.15, 0.2) is 48.5 Å². The molecule has 0 atom stereocenters. The van der Waals surface area contributed by atoms with Gasteiger partial charge in [0.2, 0.25) is 0 Å². The van der Waals surface area contributed by atoms with Gasteiger partial charge in [0, 0.05) is 14.6 Å². The summed E-state index contributed by atoms with van der Waals surface area (Å²) in [5.41, 5.74) is 1.24. The van der Waals surface area contributed by atoms with Crippen molar-refractivity contribution in [2.24, 2.45) is 0 Å². The van der Waals surface area contributed by atoms with Crippen molar-refractivity contribution in [3.63, 3.8) is 0 Å². The summed E-state index contributed by atoms with van der Waals surface area (Å²) in [6, 6.07) is 16.2. The molecule has 19 heavy (non-hydrogen) atoms. The predicted molar refractivity (Wildman–Crippen MR) is 82.3 cm³/mol. The lowest BCUT2D eigenvalue weighted by Gasteiger charge is -2.04. The van der Waals surface area contributed by atoms with Crippen molar-refractivity contribution in [1.82, 2.24) is 0 Å². The number of benzene rings is 2. The van der Waals surface area contributed by atoms with E-state index in [0.717, 1.165) is 10.8 Å². The highest BCUT2D eigenvalue weighted by atomic mass is 35.5. The summed E-state index contributed by atoms with van der Waals surface area (Å²) in [4.78, 5) is 1.21. The third-order valence-electron chi connectivity index (χ3n) is 2.93. The lowest BCUT2D eigenvalue weighted by Crippen LogP contribution is -1.92. The zero-order valence-electron chi connectivity index (χ0n) is 10.5. The Bertz CT molecular complexity index is 700. The second kappa shape index (κ2) is 5.24. The molecule has 0 aliphatic heterocycles. The van der Waals surface area contributed by atoms with Crippen molar-refractivity contribution >= 4 is 33.0 Å². The van der Waals surface area contributed by atoms with Crippen molar-refractivity contribution in [3.8, 4) is 5.75 Å². The summed E-state index contributed by atoms with van der Waals surface area (Å²) < 4.78 is 7.03. The number of hydrogen-bond donors (Lipinski definition) is 0. The molecule has 3 heteroatoms. The minimum absolute atomic E-state index is 0.597. The number of hydrogen-bond acceptors (Lipinski definition) is 2. The normalized spacial score (nSPS) is 10.8. The summed E-state index contributed by atoms with van der Waals surface area (Å²) in [5, 5.41) is 1.95. The van der Waals surface area contributed by atoms with Crippen LogP contribution in [0.2, 0.25) is 5.02 Å². The first kappa shape index (κ1) is 12.5. The van der Waals surface area contributed by atoms with Crippen molar-refractivity contribution < 1.29 is 4.74 Å². The number of aryl methyl sites for hydroxylation is 1. The molecule has 0 aliphatic rings. The smallest absolute Gasteiger partial charge is 0.122 e. The van der Waals surface area contributed by atoms with Gasteiger partial charge in [0.15, 0.2) is 0 Å². The second-order valence-corrected chi connectivity index (χ2v) is 6.10. The molecule has 0 saturated carbocycles. The van der Waals surface area contributed by atoms with Crippen LogP contribution < -0.4 is 4.74 Å². The Labute approximate surface area is 121 Å². The Kier molecular flexibility index (Phi) is 3.45. The molecule has 2 aromatic carbocycles. The Balaban J connectivity index is 1.76. The molecule has 0 unspecified atom stereocenters. The maximum atomic E-state index is 5.99. The Hall–Kier alpha value is -1.51. The molecule has 3 aromatic rings. The lowest BCUT2D eigenvalue weighted by atomic mass is 10.2. The van der Waals surface area contributed by atoms with Gasteiger partial charge in [-0.05, 0) is 48.7 Å². The van der Waals surface area contributed by atoms with Gasteiger partial charge in [-0.3, -0.25) is 0 Å². The van der Waals surface area contributed by atoms with Crippen molar-refractivity contribution in [3.05, 3.63) is 64.0 Å². The van der Waals surface area contributed by atoms with Gasteiger partial charge < -0.3 is 4.74 Å². The molecule has 0 bridgehead atoms. The van der Waals surface area contributed by atoms with E-state index in [-0.39, 0.29) is 0 Å².